The van der Waals surface area contributed by atoms with Crippen molar-refractivity contribution >= 4 is 17.5 Å². The van der Waals surface area contributed by atoms with Crippen molar-refractivity contribution in [1.29, 1.82) is 0 Å². The van der Waals surface area contributed by atoms with Crippen molar-refractivity contribution in [2.24, 2.45) is 5.92 Å². The van der Waals surface area contributed by atoms with E-state index < -0.39 is 17.6 Å². The van der Waals surface area contributed by atoms with Gasteiger partial charge in [-0.25, -0.2) is 4.39 Å². The van der Waals surface area contributed by atoms with E-state index in [9.17, 15) is 22.4 Å². The first-order valence-electron chi connectivity index (χ1n) is 6.91. The van der Waals surface area contributed by atoms with Gasteiger partial charge in [0.15, 0.2) is 5.78 Å². The summed E-state index contributed by atoms with van der Waals surface area (Å²) >= 11 is 1.89. The van der Waals surface area contributed by atoms with Crippen LogP contribution in [-0.2, 0) is 6.18 Å². The molecule has 0 N–H and O–H groups in total. The molecule has 2 unspecified atom stereocenters. The van der Waals surface area contributed by atoms with E-state index in [1.165, 1.54) is 0 Å². The quantitative estimate of drug-likeness (QED) is 0.581. The van der Waals surface area contributed by atoms with E-state index >= 15 is 0 Å². The molecule has 2 heterocycles. The van der Waals surface area contributed by atoms with E-state index in [4.69, 9.17) is 0 Å². The van der Waals surface area contributed by atoms with Gasteiger partial charge in [0.2, 0.25) is 0 Å². The fraction of sp³-hybridized carbons (Fsp3) is 0.533. The molecule has 21 heavy (non-hydrogen) atoms. The number of Topliss-reactive ketones (excluding diaryl/α,β-unsaturated/α-hetero) is 1. The zero-order chi connectivity index (χ0) is 15.2. The number of hydrogen-bond acceptors (Lipinski definition) is 2. The van der Waals surface area contributed by atoms with Gasteiger partial charge in [0.05, 0.1) is 5.56 Å². The second-order valence-electron chi connectivity index (χ2n) is 5.68. The van der Waals surface area contributed by atoms with E-state index in [-0.39, 0.29) is 17.3 Å². The lowest BCUT2D eigenvalue weighted by molar-refractivity contribution is -0.140. The number of hydrogen-bond donors (Lipinski definition) is 0. The third-order valence-corrected chi connectivity index (χ3v) is 5.84. The maximum atomic E-state index is 13.3. The molecule has 3 rings (SSSR count). The summed E-state index contributed by atoms with van der Waals surface area (Å²) < 4.78 is 51.4. The van der Waals surface area contributed by atoms with Crippen molar-refractivity contribution < 1.29 is 22.4 Å². The number of benzene rings is 1. The summed E-state index contributed by atoms with van der Waals surface area (Å²) in [4.78, 5) is 12.4. The third-order valence-electron chi connectivity index (χ3n) is 4.22. The summed E-state index contributed by atoms with van der Waals surface area (Å²) in [6.45, 7) is 0. The van der Waals surface area contributed by atoms with Gasteiger partial charge in [-0.3, -0.25) is 4.79 Å². The first kappa shape index (κ1) is 14.9. The number of carbonyl (C=O) groups is 1. The van der Waals surface area contributed by atoms with Crippen LogP contribution in [0.4, 0.5) is 17.6 Å². The molecule has 0 saturated carbocycles. The van der Waals surface area contributed by atoms with Crippen molar-refractivity contribution in [3.63, 3.8) is 0 Å². The molecule has 0 aromatic heterocycles. The minimum atomic E-state index is -4.78. The predicted octanol–water partition coefficient (Wildman–Crippen LogP) is 4.70. The van der Waals surface area contributed by atoms with Crippen LogP contribution in [-0.4, -0.2) is 16.3 Å². The number of fused-ring (bicyclic) bond motifs is 2. The van der Waals surface area contributed by atoms with Gasteiger partial charge in [-0.05, 0) is 43.9 Å². The number of ketones is 1. The van der Waals surface area contributed by atoms with Gasteiger partial charge in [-0.15, -0.1) is 0 Å². The summed E-state index contributed by atoms with van der Waals surface area (Å²) in [5.41, 5.74) is -1.39. The topological polar surface area (TPSA) is 17.1 Å². The highest BCUT2D eigenvalue weighted by molar-refractivity contribution is 8.00. The van der Waals surface area contributed by atoms with Crippen LogP contribution in [0, 0.1) is 11.7 Å². The molecule has 2 saturated heterocycles. The van der Waals surface area contributed by atoms with Gasteiger partial charge in [0, 0.05) is 22.0 Å². The molecule has 6 heteroatoms. The third kappa shape index (κ3) is 2.96. The van der Waals surface area contributed by atoms with Crippen molar-refractivity contribution in [2.75, 3.05) is 0 Å². The molecule has 2 bridgehead atoms. The lowest BCUT2D eigenvalue weighted by Gasteiger charge is -2.26. The number of thioether (sulfide) groups is 1. The Morgan fingerprint density at radius 3 is 2.33 bits per heavy atom. The molecule has 2 aliphatic heterocycles. The van der Waals surface area contributed by atoms with Gasteiger partial charge in [-0.2, -0.15) is 24.9 Å². The largest absolute Gasteiger partial charge is 0.419 e. The summed E-state index contributed by atoms with van der Waals surface area (Å²) in [5, 5.41) is 0.889. The SMILES string of the molecule is O=C(c1ccc(F)c(C(F)(F)F)c1)C1CC2CCC(C1)S2. The smallest absolute Gasteiger partial charge is 0.294 e. The molecule has 1 nitrogen and oxygen atoms in total. The fourth-order valence-corrected chi connectivity index (χ4v) is 4.98. The lowest BCUT2D eigenvalue weighted by atomic mass is 9.89. The summed E-state index contributed by atoms with van der Waals surface area (Å²) in [5.74, 6) is -1.84. The van der Waals surface area contributed by atoms with Crippen LogP contribution in [0.1, 0.15) is 41.6 Å². The molecule has 1 aromatic rings. The molecular formula is C15H14F4OS. The second kappa shape index (κ2) is 5.30. The van der Waals surface area contributed by atoms with Crippen LogP contribution in [0.25, 0.3) is 0 Å². The monoisotopic (exact) mass is 318 g/mol. The van der Waals surface area contributed by atoms with Gasteiger partial charge in [-0.1, -0.05) is 0 Å². The van der Waals surface area contributed by atoms with Crippen molar-refractivity contribution in [2.45, 2.75) is 42.4 Å². The Hall–Kier alpha value is -1.04. The molecule has 2 aliphatic rings. The number of halogens is 4. The van der Waals surface area contributed by atoms with Gasteiger partial charge in [0.1, 0.15) is 5.82 Å². The Labute approximate surface area is 124 Å². The highest BCUT2D eigenvalue weighted by Gasteiger charge is 2.39. The standard InChI is InChI=1S/C15H14F4OS/c16-13-4-1-8(7-12(13)15(17,18)19)14(20)9-5-10-2-3-11(6-9)21-10/h1,4,7,9-11H,2-3,5-6H2. The molecule has 2 fully saturated rings. The van der Waals surface area contributed by atoms with Crippen LogP contribution in [0.2, 0.25) is 0 Å². The van der Waals surface area contributed by atoms with Crippen LogP contribution in [0.3, 0.4) is 0 Å². The van der Waals surface area contributed by atoms with Gasteiger partial charge >= 0.3 is 6.18 Å². The van der Waals surface area contributed by atoms with E-state index in [2.05, 4.69) is 0 Å². The zero-order valence-corrected chi connectivity index (χ0v) is 11.9. The average molecular weight is 318 g/mol. The molecule has 0 amide bonds. The predicted molar refractivity (Wildman–Crippen MR) is 72.9 cm³/mol. The number of rotatable bonds is 2. The maximum Gasteiger partial charge on any atom is 0.419 e. The zero-order valence-electron chi connectivity index (χ0n) is 11.1. The van der Waals surface area contributed by atoms with E-state index in [0.717, 1.165) is 37.8 Å². The summed E-state index contributed by atoms with van der Waals surface area (Å²) in [7, 11) is 0. The second-order valence-corrected chi connectivity index (χ2v) is 7.29. The lowest BCUT2D eigenvalue weighted by Crippen LogP contribution is -2.25. The Balaban J connectivity index is 1.85. The molecule has 0 spiro atoms. The van der Waals surface area contributed by atoms with E-state index in [1.807, 2.05) is 11.8 Å². The number of alkyl halides is 3. The van der Waals surface area contributed by atoms with Crippen LogP contribution >= 0.6 is 11.8 Å². The van der Waals surface area contributed by atoms with E-state index in [1.54, 1.807) is 0 Å². The summed E-state index contributed by atoms with van der Waals surface area (Å²) in [6.07, 6.45) is -1.17. The highest BCUT2D eigenvalue weighted by atomic mass is 32.2. The molecule has 0 aliphatic carbocycles. The molecule has 0 radical (unpaired) electrons. The average Bonchev–Trinajstić information content (AvgIpc) is 2.76. The minimum absolute atomic E-state index is 0.0278. The Morgan fingerprint density at radius 1 is 1.14 bits per heavy atom. The highest BCUT2D eigenvalue weighted by Crippen LogP contribution is 2.46. The van der Waals surface area contributed by atoms with Gasteiger partial charge < -0.3 is 0 Å². The van der Waals surface area contributed by atoms with Gasteiger partial charge in [0.25, 0.3) is 0 Å². The fourth-order valence-electron chi connectivity index (χ4n) is 3.20. The van der Waals surface area contributed by atoms with Crippen LogP contribution in [0.15, 0.2) is 18.2 Å². The van der Waals surface area contributed by atoms with Crippen molar-refractivity contribution in [1.82, 2.24) is 0 Å². The van der Waals surface area contributed by atoms with Crippen LogP contribution in [0.5, 0.6) is 0 Å². The first-order valence-corrected chi connectivity index (χ1v) is 7.85. The molecular weight excluding hydrogens is 304 g/mol. The number of carbonyl (C=O) groups excluding carboxylic acids is 1. The Morgan fingerprint density at radius 2 is 1.76 bits per heavy atom. The van der Waals surface area contributed by atoms with Crippen molar-refractivity contribution in [3.8, 4) is 0 Å². The summed E-state index contributed by atoms with van der Waals surface area (Å²) in [6, 6.07) is 2.56. The maximum absolute atomic E-state index is 13.3. The minimum Gasteiger partial charge on any atom is -0.294 e. The van der Waals surface area contributed by atoms with Crippen LogP contribution < -0.4 is 0 Å². The molecule has 1 aromatic carbocycles. The molecule has 114 valence electrons. The Bertz CT molecular complexity index is 557. The first-order chi connectivity index (χ1) is 9.84. The van der Waals surface area contributed by atoms with E-state index in [0.29, 0.717) is 16.6 Å². The van der Waals surface area contributed by atoms with Crippen molar-refractivity contribution in [3.05, 3.63) is 35.1 Å². The molecule has 2 atom stereocenters. The Kier molecular flexibility index (Phi) is 3.76. The normalized spacial score (nSPS) is 28.7.